The van der Waals surface area contributed by atoms with Gasteiger partial charge < -0.3 is 10.2 Å². The number of halogens is 1. The highest BCUT2D eigenvalue weighted by Crippen LogP contribution is 2.20. The summed E-state index contributed by atoms with van der Waals surface area (Å²) in [6.45, 7) is 3.51. The summed E-state index contributed by atoms with van der Waals surface area (Å²) in [5, 5.41) is 7.96. The fraction of sp³-hybridized carbons (Fsp3) is 0.412. The summed E-state index contributed by atoms with van der Waals surface area (Å²) in [6, 6.07) is 9.29. The van der Waals surface area contributed by atoms with Crippen LogP contribution in [0.4, 0.5) is 0 Å². The summed E-state index contributed by atoms with van der Waals surface area (Å²) in [7, 11) is 4.04. The summed E-state index contributed by atoms with van der Waals surface area (Å²) in [4.78, 5) is 14.7. The number of rotatable bonds is 7. The quantitative estimate of drug-likeness (QED) is 0.847. The van der Waals surface area contributed by atoms with Gasteiger partial charge in [-0.05, 0) is 57.7 Å². The number of carbonyl (C=O) groups excluding carboxylic acids is 1. The van der Waals surface area contributed by atoms with E-state index in [1.807, 2.05) is 45.3 Å². The molecule has 1 aromatic carbocycles. The second-order valence-electron chi connectivity index (χ2n) is 5.70. The minimum atomic E-state index is -0.108. The van der Waals surface area contributed by atoms with Crippen LogP contribution in [-0.4, -0.2) is 41.2 Å². The van der Waals surface area contributed by atoms with Gasteiger partial charge in [0.05, 0.1) is 6.04 Å². The smallest absolute Gasteiger partial charge is 0.270 e. The Labute approximate surface area is 142 Å². The molecule has 0 saturated heterocycles. The highest BCUT2D eigenvalue weighted by Gasteiger charge is 2.18. The number of hydrogen-bond acceptors (Lipinski definition) is 3. The van der Waals surface area contributed by atoms with Crippen LogP contribution in [0.25, 0.3) is 0 Å². The first-order chi connectivity index (χ1) is 11.0. The molecule has 0 bridgehead atoms. The Bertz CT molecular complexity index is 636. The lowest BCUT2D eigenvalue weighted by molar-refractivity contribution is 0.0922. The number of nitrogens with zero attached hydrogens (tertiary/aromatic N) is 3. The summed E-state index contributed by atoms with van der Waals surface area (Å²) in [6.07, 6.45) is 2.47. The Morgan fingerprint density at radius 2 is 2.00 bits per heavy atom. The first-order valence-corrected chi connectivity index (χ1v) is 8.12. The van der Waals surface area contributed by atoms with Gasteiger partial charge in [0.25, 0.3) is 5.91 Å². The van der Waals surface area contributed by atoms with Crippen LogP contribution in [-0.2, 0) is 6.54 Å². The Morgan fingerprint density at radius 3 is 2.61 bits per heavy atom. The predicted molar refractivity (Wildman–Crippen MR) is 92.7 cm³/mol. The molecule has 0 aliphatic rings. The van der Waals surface area contributed by atoms with E-state index in [9.17, 15) is 4.79 Å². The van der Waals surface area contributed by atoms with Crippen molar-refractivity contribution >= 4 is 17.5 Å². The molecule has 1 amide bonds. The maximum Gasteiger partial charge on any atom is 0.270 e. The number of aryl methyl sites for hydroxylation is 1. The van der Waals surface area contributed by atoms with Crippen molar-refractivity contribution in [2.24, 2.45) is 0 Å². The third-order valence-electron chi connectivity index (χ3n) is 3.69. The van der Waals surface area contributed by atoms with Crippen LogP contribution in [0.15, 0.2) is 36.5 Å². The first-order valence-electron chi connectivity index (χ1n) is 7.74. The third kappa shape index (κ3) is 4.81. The van der Waals surface area contributed by atoms with Crippen LogP contribution >= 0.6 is 11.6 Å². The SMILES string of the molecule is CCn1nccc1C(=O)NC(CCN(C)C)c1ccc(Cl)cc1. The molecule has 0 fully saturated rings. The average Bonchev–Trinajstić information content (AvgIpc) is 3.00. The zero-order chi connectivity index (χ0) is 16.8. The largest absolute Gasteiger partial charge is 0.344 e. The van der Waals surface area contributed by atoms with Crippen molar-refractivity contribution in [1.29, 1.82) is 0 Å². The number of hydrogen-bond donors (Lipinski definition) is 1. The van der Waals surface area contributed by atoms with Gasteiger partial charge in [-0.2, -0.15) is 5.10 Å². The fourth-order valence-electron chi connectivity index (χ4n) is 2.41. The van der Waals surface area contributed by atoms with Crippen molar-refractivity contribution < 1.29 is 4.79 Å². The lowest BCUT2D eigenvalue weighted by atomic mass is 10.0. The molecule has 1 heterocycles. The summed E-state index contributed by atoms with van der Waals surface area (Å²) >= 11 is 5.96. The number of benzene rings is 1. The van der Waals surface area contributed by atoms with Gasteiger partial charge in [-0.1, -0.05) is 23.7 Å². The minimum Gasteiger partial charge on any atom is -0.344 e. The first kappa shape index (κ1) is 17.5. The van der Waals surface area contributed by atoms with Crippen molar-refractivity contribution in [2.75, 3.05) is 20.6 Å². The van der Waals surface area contributed by atoms with E-state index in [1.165, 1.54) is 0 Å². The molecule has 23 heavy (non-hydrogen) atoms. The van der Waals surface area contributed by atoms with E-state index in [2.05, 4.69) is 15.3 Å². The lowest BCUT2D eigenvalue weighted by Crippen LogP contribution is -2.32. The monoisotopic (exact) mass is 334 g/mol. The molecule has 0 spiro atoms. The average molecular weight is 335 g/mol. The molecule has 2 rings (SSSR count). The van der Waals surface area contributed by atoms with E-state index in [-0.39, 0.29) is 11.9 Å². The minimum absolute atomic E-state index is 0.0672. The summed E-state index contributed by atoms with van der Waals surface area (Å²) < 4.78 is 1.69. The van der Waals surface area contributed by atoms with Crippen LogP contribution in [0.1, 0.15) is 35.4 Å². The molecule has 6 heteroatoms. The van der Waals surface area contributed by atoms with E-state index in [4.69, 9.17) is 11.6 Å². The van der Waals surface area contributed by atoms with Crippen LogP contribution in [0, 0.1) is 0 Å². The molecule has 0 aliphatic heterocycles. The number of carbonyl (C=O) groups is 1. The molecule has 0 aliphatic carbocycles. The van der Waals surface area contributed by atoms with Gasteiger partial charge in [-0.3, -0.25) is 9.48 Å². The van der Waals surface area contributed by atoms with E-state index < -0.39 is 0 Å². The van der Waals surface area contributed by atoms with E-state index >= 15 is 0 Å². The molecule has 0 saturated carbocycles. The predicted octanol–water partition coefficient (Wildman–Crippen LogP) is 2.98. The maximum atomic E-state index is 12.6. The molecule has 1 atom stereocenters. The van der Waals surface area contributed by atoms with Crippen molar-refractivity contribution in [1.82, 2.24) is 20.0 Å². The number of nitrogens with one attached hydrogen (secondary N) is 1. The van der Waals surface area contributed by atoms with E-state index in [0.29, 0.717) is 17.3 Å². The van der Waals surface area contributed by atoms with Crippen molar-refractivity contribution in [2.45, 2.75) is 25.9 Å². The van der Waals surface area contributed by atoms with Crippen molar-refractivity contribution in [3.8, 4) is 0 Å². The van der Waals surface area contributed by atoms with Crippen LogP contribution in [0.2, 0.25) is 5.02 Å². The lowest BCUT2D eigenvalue weighted by Gasteiger charge is -2.21. The third-order valence-corrected chi connectivity index (χ3v) is 3.94. The van der Waals surface area contributed by atoms with Crippen LogP contribution in [0.5, 0.6) is 0 Å². The zero-order valence-corrected chi connectivity index (χ0v) is 14.5. The second kappa shape index (κ2) is 8.13. The molecule has 1 N–H and O–H groups in total. The highest BCUT2D eigenvalue weighted by molar-refractivity contribution is 6.30. The van der Waals surface area contributed by atoms with Crippen LogP contribution < -0.4 is 5.32 Å². The van der Waals surface area contributed by atoms with Gasteiger partial charge in [0.15, 0.2) is 0 Å². The molecule has 124 valence electrons. The Balaban J connectivity index is 2.16. The fourth-order valence-corrected chi connectivity index (χ4v) is 2.54. The Kier molecular flexibility index (Phi) is 6.19. The highest BCUT2D eigenvalue weighted by atomic mass is 35.5. The molecule has 1 unspecified atom stereocenters. The van der Waals surface area contributed by atoms with Gasteiger partial charge in [-0.15, -0.1) is 0 Å². The summed E-state index contributed by atoms with van der Waals surface area (Å²) in [5.74, 6) is -0.108. The summed E-state index contributed by atoms with van der Waals surface area (Å²) in [5.41, 5.74) is 1.63. The van der Waals surface area contributed by atoms with Crippen molar-refractivity contribution in [3.05, 3.63) is 52.8 Å². The van der Waals surface area contributed by atoms with Gasteiger partial charge in [0, 0.05) is 17.8 Å². The standard InChI is InChI=1S/C17H23ClN4O/c1-4-22-16(9-11-19-22)17(23)20-15(10-12-21(2)3)13-5-7-14(18)8-6-13/h5-9,11,15H,4,10,12H2,1-3H3,(H,20,23). The normalized spacial score (nSPS) is 12.4. The van der Waals surface area contributed by atoms with Crippen molar-refractivity contribution in [3.63, 3.8) is 0 Å². The molecular weight excluding hydrogens is 312 g/mol. The van der Waals surface area contributed by atoms with E-state index in [0.717, 1.165) is 18.5 Å². The topological polar surface area (TPSA) is 50.2 Å². The van der Waals surface area contributed by atoms with Gasteiger partial charge in [-0.25, -0.2) is 0 Å². The molecule has 5 nitrogen and oxygen atoms in total. The molecule has 2 aromatic rings. The maximum absolute atomic E-state index is 12.6. The molecule has 0 radical (unpaired) electrons. The molecular formula is C17H23ClN4O. The Morgan fingerprint density at radius 1 is 1.30 bits per heavy atom. The van der Waals surface area contributed by atoms with Gasteiger partial charge in [0.1, 0.15) is 5.69 Å². The second-order valence-corrected chi connectivity index (χ2v) is 6.14. The zero-order valence-electron chi connectivity index (χ0n) is 13.8. The van der Waals surface area contributed by atoms with E-state index in [1.54, 1.807) is 16.9 Å². The Hall–Kier alpha value is -1.85. The van der Waals surface area contributed by atoms with Crippen LogP contribution in [0.3, 0.4) is 0 Å². The van der Waals surface area contributed by atoms with Gasteiger partial charge in [0.2, 0.25) is 0 Å². The molecule has 1 aromatic heterocycles. The number of amides is 1. The number of aromatic nitrogens is 2. The van der Waals surface area contributed by atoms with Gasteiger partial charge >= 0.3 is 0 Å².